The van der Waals surface area contributed by atoms with E-state index in [4.69, 9.17) is 0 Å². The highest BCUT2D eigenvalue weighted by Gasteiger charge is 2.25. The number of halogens is 1. The Hall–Kier alpha value is -2.05. The van der Waals surface area contributed by atoms with E-state index in [0.717, 1.165) is 20.9 Å². The summed E-state index contributed by atoms with van der Waals surface area (Å²) in [6.45, 7) is 0. The Morgan fingerprint density at radius 1 is 1.12 bits per heavy atom. The first-order valence-electron chi connectivity index (χ1n) is 7.78. The van der Waals surface area contributed by atoms with E-state index in [0.29, 0.717) is 0 Å². The van der Waals surface area contributed by atoms with Crippen molar-refractivity contribution in [2.75, 3.05) is 14.1 Å². The molecule has 1 aromatic heterocycles. The second kappa shape index (κ2) is 7.89. The van der Waals surface area contributed by atoms with Gasteiger partial charge in [0.1, 0.15) is 5.25 Å². The van der Waals surface area contributed by atoms with Crippen molar-refractivity contribution in [3.63, 3.8) is 0 Å². The van der Waals surface area contributed by atoms with Crippen LogP contribution in [-0.4, -0.2) is 34.5 Å². The fraction of sp³-hybridized carbons (Fsp3) is 0.158. The second-order valence-electron chi connectivity index (χ2n) is 5.70. The largest absolute Gasteiger partial charge is 0.348 e. The van der Waals surface area contributed by atoms with Gasteiger partial charge in [-0.3, -0.25) is 9.36 Å². The fourth-order valence-corrected chi connectivity index (χ4v) is 3.89. The van der Waals surface area contributed by atoms with Crippen LogP contribution in [0, 0.1) is 0 Å². The summed E-state index contributed by atoms with van der Waals surface area (Å²) < 4.78 is 3.02. The molecule has 0 spiro atoms. The average Bonchev–Trinajstić information content (AvgIpc) is 3.08. The third-order valence-electron chi connectivity index (χ3n) is 3.70. The lowest BCUT2D eigenvalue weighted by Gasteiger charge is -2.20. The molecule has 0 bridgehead atoms. The molecule has 3 rings (SSSR count). The molecule has 0 radical (unpaired) electrons. The normalized spacial score (nSPS) is 12.0. The van der Waals surface area contributed by atoms with Crippen LogP contribution in [0.5, 0.6) is 0 Å². The molecule has 0 aliphatic rings. The summed E-state index contributed by atoms with van der Waals surface area (Å²) in [5, 5.41) is 0.444. The fourth-order valence-electron chi connectivity index (χ4n) is 2.40. The van der Waals surface area contributed by atoms with E-state index >= 15 is 0 Å². The van der Waals surface area contributed by atoms with Crippen LogP contribution < -0.4 is 0 Å². The van der Waals surface area contributed by atoms with Crippen LogP contribution in [0.3, 0.4) is 0 Å². The summed E-state index contributed by atoms with van der Waals surface area (Å²) in [5.74, 6) is 0.0431. The molecule has 1 unspecified atom stereocenters. The molecule has 0 aliphatic heterocycles. The minimum absolute atomic E-state index is 0.0431. The summed E-state index contributed by atoms with van der Waals surface area (Å²) in [4.78, 5) is 18.8. The summed E-state index contributed by atoms with van der Waals surface area (Å²) >= 11 is 4.91. The van der Waals surface area contributed by atoms with E-state index in [1.165, 1.54) is 11.8 Å². The van der Waals surface area contributed by atoms with Crippen molar-refractivity contribution in [1.82, 2.24) is 14.5 Å². The first-order valence-corrected chi connectivity index (χ1v) is 9.45. The molecule has 25 heavy (non-hydrogen) atoms. The Balaban J connectivity index is 1.95. The van der Waals surface area contributed by atoms with Gasteiger partial charge in [0.25, 0.3) is 0 Å². The molecule has 2 aromatic carbocycles. The van der Waals surface area contributed by atoms with Gasteiger partial charge >= 0.3 is 0 Å². The molecule has 3 aromatic rings. The first-order chi connectivity index (χ1) is 12.1. The van der Waals surface area contributed by atoms with Crippen molar-refractivity contribution in [2.24, 2.45) is 0 Å². The van der Waals surface area contributed by atoms with Gasteiger partial charge in [-0.05, 0) is 29.8 Å². The third kappa shape index (κ3) is 4.14. The number of amides is 1. The highest BCUT2D eigenvalue weighted by molar-refractivity contribution is 9.10. The van der Waals surface area contributed by atoms with Gasteiger partial charge in [0.2, 0.25) is 5.91 Å². The maximum Gasteiger partial charge on any atom is 0.240 e. The number of aromatic nitrogens is 2. The molecule has 128 valence electrons. The maximum atomic E-state index is 12.7. The van der Waals surface area contributed by atoms with Gasteiger partial charge in [0, 0.05) is 36.6 Å². The highest BCUT2D eigenvalue weighted by atomic mass is 79.9. The van der Waals surface area contributed by atoms with Crippen LogP contribution in [0.15, 0.2) is 76.6 Å². The Morgan fingerprint density at radius 3 is 2.44 bits per heavy atom. The lowest BCUT2D eigenvalue weighted by molar-refractivity contribution is -0.128. The van der Waals surface area contributed by atoms with Gasteiger partial charge in [-0.1, -0.05) is 58.0 Å². The van der Waals surface area contributed by atoms with Crippen LogP contribution in [0.1, 0.15) is 10.8 Å². The second-order valence-corrected chi connectivity index (χ2v) is 7.69. The Bertz CT molecular complexity index is 847. The predicted octanol–water partition coefficient (Wildman–Crippen LogP) is 4.56. The number of hydrogen-bond acceptors (Lipinski definition) is 3. The molecule has 1 amide bonds. The van der Waals surface area contributed by atoms with Crippen LogP contribution in [-0.2, 0) is 4.79 Å². The van der Waals surface area contributed by atoms with Crippen LogP contribution in [0.25, 0.3) is 5.69 Å². The zero-order valence-corrected chi connectivity index (χ0v) is 16.4. The minimum atomic E-state index is -0.340. The van der Waals surface area contributed by atoms with E-state index in [1.54, 1.807) is 25.2 Å². The molecular weight excluding hydrogens is 398 g/mol. The number of thioether (sulfide) groups is 1. The van der Waals surface area contributed by atoms with Crippen molar-refractivity contribution in [1.29, 1.82) is 0 Å². The molecule has 1 atom stereocenters. The number of hydrogen-bond donors (Lipinski definition) is 0. The number of rotatable bonds is 5. The van der Waals surface area contributed by atoms with E-state index in [1.807, 2.05) is 65.4 Å². The molecule has 0 aliphatic carbocycles. The van der Waals surface area contributed by atoms with Crippen molar-refractivity contribution in [3.05, 3.63) is 77.0 Å². The highest BCUT2D eigenvalue weighted by Crippen LogP contribution is 2.36. The lowest BCUT2D eigenvalue weighted by atomic mass is 10.1. The van der Waals surface area contributed by atoms with Gasteiger partial charge in [-0.15, -0.1) is 0 Å². The Kier molecular flexibility index (Phi) is 5.60. The van der Waals surface area contributed by atoms with E-state index < -0.39 is 0 Å². The minimum Gasteiger partial charge on any atom is -0.348 e. The molecule has 1 heterocycles. The Morgan fingerprint density at radius 2 is 1.80 bits per heavy atom. The monoisotopic (exact) mass is 415 g/mol. The molecule has 4 nitrogen and oxygen atoms in total. The van der Waals surface area contributed by atoms with E-state index in [-0.39, 0.29) is 11.2 Å². The number of imidazole rings is 1. The van der Waals surface area contributed by atoms with Gasteiger partial charge in [0.05, 0.1) is 0 Å². The molecule has 0 N–H and O–H groups in total. The first kappa shape index (κ1) is 17.8. The van der Waals surface area contributed by atoms with E-state index in [9.17, 15) is 4.79 Å². The van der Waals surface area contributed by atoms with Crippen LogP contribution >= 0.6 is 27.7 Å². The third-order valence-corrected chi connectivity index (χ3v) is 5.45. The molecule has 6 heteroatoms. The van der Waals surface area contributed by atoms with Crippen LogP contribution in [0.4, 0.5) is 0 Å². The number of likely N-dealkylation sites (N-methyl/N-ethyl adjacent to an activating group) is 1. The van der Waals surface area contributed by atoms with Crippen molar-refractivity contribution in [3.8, 4) is 5.69 Å². The van der Waals surface area contributed by atoms with Gasteiger partial charge in [-0.25, -0.2) is 4.98 Å². The predicted molar refractivity (Wildman–Crippen MR) is 105 cm³/mol. The molecule has 0 fully saturated rings. The summed E-state index contributed by atoms with van der Waals surface area (Å²) in [6, 6.07) is 17.8. The summed E-state index contributed by atoms with van der Waals surface area (Å²) in [5.41, 5.74) is 1.98. The van der Waals surface area contributed by atoms with Gasteiger partial charge in [0.15, 0.2) is 5.16 Å². The summed E-state index contributed by atoms with van der Waals surface area (Å²) in [7, 11) is 3.56. The van der Waals surface area contributed by atoms with Crippen LogP contribution in [0.2, 0.25) is 0 Å². The number of nitrogens with zero attached hydrogens (tertiary/aromatic N) is 3. The zero-order valence-electron chi connectivity index (χ0n) is 14.0. The maximum absolute atomic E-state index is 12.7. The topological polar surface area (TPSA) is 38.1 Å². The van der Waals surface area contributed by atoms with Gasteiger partial charge in [-0.2, -0.15) is 0 Å². The zero-order chi connectivity index (χ0) is 17.8. The van der Waals surface area contributed by atoms with E-state index in [2.05, 4.69) is 20.9 Å². The summed E-state index contributed by atoms with van der Waals surface area (Å²) in [6.07, 6.45) is 3.67. The van der Waals surface area contributed by atoms with Gasteiger partial charge < -0.3 is 4.90 Å². The molecule has 0 saturated heterocycles. The quantitative estimate of drug-likeness (QED) is 0.573. The van der Waals surface area contributed by atoms with Crippen molar-refractivity contribution >= 4 is 33.6 Å². The number of benzene rings is 2. The number of carbonyl (C=O) groups is 1. The van der Waals surface area contributed by atoms with Crippen molar-refractivity contribution in [2.45, 2.75) is 10.4 Å². The molecule has 0 saturated carbocycles. The number of carbonyl (C=O) groups excluding carboxylic acids is 1. The average molecular weight is 416 g/mol. The smallest absolute Gasteiger partial charge is 0.240 e. The SMILES string of the molecule is CN(C)C(=O)C(Sc1nccn1-c1ccc(Br)cc1)c1ccccc1. The Labute approximate surface area is 160 Å². The molecular formula is C19H18BrN3OS. The van der Waals surface area contributed by atoms with Crippen molar-refractivity contribution < 1.29 is 4.79 Å². The standard InChI is InChI=1S/C19H18BrN3OS/c1-22(2)18(24)17(14-6-4-3-5-7-14)25-19-21-12-13-23(19)16-10-8-15(20)9-11-16/h3-13,17H,1-2H3. The lowest BCUT2D eigenvalue weighted by Crippen LogP contribution is -2.26.